The van der Waals surface area contributed by atoms with Gasteiger partial charge in [-0.2, -0.15) is 0 Å². The third kappa shape index (κ3) is 3.07. The summed E-state index contributed by atoms with van der Waals surface area (Å²) in [5.74, 6) is -0.00171. The van der Waals surface area contributed by atoms with Gasteiger partial charge in [0.15, 0.2) is 9.84 Å². The van der Waals surface area contributed by atoms with Gasteiger partial charge >= 0.3 is 0 Å². The van der Waals surface area contributed by atoms with Gasteiger partial charge in [0.25, 0.3) is 5.91 Å². The van der Waals surface area contributed by atoms with Gasteiger partial charge in [0, 0.05) is 25.8 Å². The van der Waals surface area contributed by atoms with E-state index in [2.05, 4.69) is 5.32 Å². The van der Waals surface area contributed by atoms with Crippen LogP contribution in [0.4, 0.5) is 5.69 Å². The molecule has 0 spiro atoms. The number of rotatable bonds is 2. The zero-order valence-corrected chi connectivity index (χ0v) is 12.0. The number of anilines is 1. The summed E-state index contributed by atoms with van der Waals surface area (Å²) in [7, 11) is -1.19. The maximum absolute atomic E-state index is 12.4. The molecule has 0 unspecified atom stereocenters. The van der Waals surface area contributed by atoms with Gasteiger partial charge in [-0.1, -0.05) is 6.07 Å². The molecule has 0 aromatic heterocycles. The number of hydrogen-bond donors (Lipinski definition) is 1. The van der Waals surface area contributed by atoms with Crippen molar-refractivity contribution < 1.29 is 13.2 Å². The van der Waals surface area contributed by atoms with Crippen LogP contribution in [-0.4, -0.2) is 50.9 Å². The Labute approximate surface area is 113 Å². The van der Waals surface area contributed by atoms with Gasteiger partial charge in [-0.05, 0) is 24.6 Å². The van der Waals surface area contributed by atoms with E-state index < -0.39 is 9.84 Å². The number of aryl methyl sites for hydroxylation is 1. The van der Waals surface area contributed by atoms with E-state index in [1.807, 2.05) is 19.1 Å². The maximum Gasteiger partial charge on any atom is 0.256 e. The minimum Gasteiger partial charge on any atom is -0.387 e. The van der Waals surface area contributed by atoms with Crippen molar-refractivity contribution in [3.8, 4) is 0 Å². The van der Waals surface area contributed by atoms with Crippen molar-refractivity contribution in [3.63, 3.8) is 0 Å². The average molecular weight is 282 g/mol. The molecule has 1 heterocycles. The molecule has 1 aromatic carbocycles. The lowest BCUT2D eigenvalue weighted by atomic mass is 10.1. The Morgan fingerprint density at radius 2 is 1.89 bits per heavy atom. The van der Waals surface area contributed by atoms with Gasteiger partial charge in [0.1, 0.15) is 0 Å². The standard InChI is InChI=1S/C13H18N2O3S/c1-10-3-4-11(12(9-10)14-2)13(16)15-5-7-19(17,18)8-6-15/h3-4,9,14H,5-8H2,1-2H3. The second-order valence-electron chi connectivity index (χ2n) is 4.74. The van der Waals surface area contributed by atoms with Crippen LogP contribution in [0.1, 0.15) is 15.9 Å². The molecular formula is C13H18N2O3S. The van der Waals surface area contributed by atoms with Crippen LogP contribution in [-0.2, 0) is 9.84 Å². The second kappa shape index (κ2) is 5.21. The highest BCUT2D eigenvalue weighted by Crippen LogP contribution is 2.20. The zero-order chi connectivity index (χ0) is 14.0. The van der Waals surface area contributed by atoms with Gasteiger partial charge in [-0.25, -0.2) is 8.42 Å². The number of hydrogen-bond acceptors (Lipinski definition) is 4. The molecule has 1 saturated heterocycles. The molecule has 1 fully saturated rings. The van der Waals surface area contributed by atoms with Crippen molar-refractivity contribution in [1.82, 2.24) is 4.90 Å². The summed E-state index contributed by atoms with van der Waals surface area (Å²) in [6.45, 7) is 2.51. The van der Waals surface area contributed by atoms with Crippen LogP contribution in [0.2, 0.25) is 0 Å². The molecule has 1 aromatic rings. The van der Waals surface area contributed by atoms with Crippen LogP contribution in [0.25, 0.3) is 0 Å². The van der Waals surface area contributed by atoms with Crippen molar-refractivity contribution in [3.05, 3.63) is 29.3 Å². The Bertz CT molecular complexity index is 582. The molecule has 0 bridgehead atoms. The number of carbonyl (C=O) groups excluding carboxylic acids is 1. The van der Waals surface area contributed by atoms with Crippen molar-refractivity contribution in [2.24, 2.45) is 0 Å². The molecular weight excluding hydrogens is 264 g/mol. The molecule has 1 N–H and O–H groups in total. The first-order valence-electron chi connectivity index (χ1n) is 6.21. The van der Waals surface area contributed by atoms with Gasteiger partial charge in [-0.3, -0.25) is 4.79 Å². The SMILES string of the molecule is CNc1cc(C)ccc1C(=O)N1CCS(=O)(=O)CC1. The number of amides is 1. The van der Waals surface area contributed by atoms with Crippen LogP contribution in [0.15, 0.2) is 18.2 Å². The molecule has 0 aliphatic carbocycles. The molecule has 19 heavy (non-hydrogen) atoms. The molecule has 5 nitrogen and oxygen atoms in total. The Morgan fingerprint density at radius 1 is 1.26 bits per heavy atom. The van der Waals surface area contributed by atoms with Crippen LogP contribution < -0.4 is 5.32 Å². The molecule has 0 saturated carbocycles. The number of carbonyl (C=O) groups is 1. The summed E-state index contributed by atoms with van der Waals surface area (Å²) in [6, 6.07) is 5.58. The van der Waals surface area contributed by atoms with E-state index in [1.165, 1.54) is 0 Å². The quantitative estimate of drug-likeness (QED) is 0.875. The first-order valence-corrected chi connectivity index (χ1v) is 8.03. The van der Waals surface area contributed by atoms with E-state index in [1.54, 1.807) is 18.0 Å². The first-order chi connectivity index (χ1) is 8.93. The lowest BCUT2D eigenvalue weighted by Crippen LogP contribution is -2.43. The van der Waals surface area contributed by atoms with Crippen molar-refractivity contribution in [1.29, 1.82) is 0 Å². The third-order valence-electron chi connectivity index (χ3n) is 3.31. The average Bonchev–Trinajstić information content (AvgIpc) is 2.37. The summed E-state index contributed by atoms with van der Waals surface area (Å²) in [5, 5.41) is 3.01. The van der Waals surface area contributed by atoms with E-state index in [4.69, 9.17) is 0 Å². The first kappa shape index (κ1) is 13.9. The molecule has 0 atom stereocenters. The highest BCUT2D eigenvalue weighted by molar-refractivity contribution is 7.91. The van der Waals surface area contributed by atoms with Crippen LogP contribution >= 0.6 is 0 Å². The molecule has 6 heteroatoms. The van der Waals surface area contributed by atoms with Crippen LogP contribution in [0.5, 0.6) is 0 Å². The smallest absolute Gasteiger partial charge is 0.256 e. The number of sulfone groups is 1. The monoisotopic (exact) mass is 282 g/mol. The molecule has 1 amide bonds. The molecule has 1 aliphatic heterocycles. The maximum atomic E-state index is 12.4. The lowest BCUT2D eigenvalue weighted by molar-refractivity contribution is 0.0771. The summed E-state index contributed by atoms with van der Waals surface area (Å²) in [5.41, 5.74) is 2.44. The largest absolute Gasteiger partial charge is 0.387 e. The Balaban J connectivity index is 2.21. The Morgan fingerprint density at radius 3 is 2.47 bits per heavy atom. The molecule has 0 radical (unpaired) electrons. The van der Waals surface area contributed by atoms with E-state index in [0.29, 0.717) is 5.56 Å². The molecule has 104 valence electrons. The van der Waals surface area contributed by atoms with Crippen molar-refractivity contribution in [2.45, 2.75) is 6.92 Å². The zero-order valence-electron chi connectivity index (χ0n) is 11.1. The van der Waals surface area contributed by atoms with E-state index >= 15 is 0 Å². The van der Waals surface area contributed by atoms with E-state index in [-0.39, 0.29) is 30.5 Å². The predicted octanol–water partition coefficient (Wildman–Crippen LogP) is 0.907. The highest BCUT2D eigenvalue weighted by atomic mass is 32.2. The minimum atomic E-state index is -2.96. The van der Waals surface area contributed by atoms with Gasteiger partial charge < -0.3 is 10.2 Å². The van der Waals surface area contributed by atoms with Crippen LogP contribution in [0, 0.1) is 6.92 Å². The van der Waals surface area contributed by atoms with Gasteiger partial charge in [-0.15, -0.1) is 0 Å². The van der Waals surface area contributed by atoms with E-state index in [0.717, 1.165) is 11.3 Å². The van der Waals surface area contributed by atoms with Crippen molar-refractivity contribution in [2.75, 3.05) is 37.0 Å². The van der Waals surface area contributed by atoms with Crippen molar-refractivity contribution >= 4 is 21.4 Å². The Hall–Kier alpha value is -1.56. The molecule has 2 rings (SSSR count). The summed E-state index contributed by atoms with van der Waals surface area (Å²) >= 11 is 0. The fourth-order valence-electron chi connectivity index (χ4n) is 2.14. The fraction of sp³-hybridized carbons (Fsp3) is 0.462. The number of nitrogens with one attached hydrogen (secondary N) is 1. The minimum absolute atomic E-state index is 0.0550. The van der Waals surface area contributed by atoms with Gasteiger partial charge in [0.2, 0.25) is 0 Å². The summed E-state index contributed by atoms with van der Waals surface area (Å²) in [6.07, 6.45) is 0. The van der Waals surface area contributed by atoms with Gasteiger partial charge in [0.05, 0.1) is 17.1 Å². The highest BCUT2D eigenvalue weighted by Gasteiger charge is 2.26. The summed E-state index contributed by atoms with van der Waals surface area (Å²) < 4.78 is 22.7. The Kier molecular flexibility index (Phi) is 3.80. The normalized spacial score (nSPS) is 18.1. The topological polar surface area (TPSA) is 66.5 Å². The fourth-order valence-corrected chi connectivity index (χ4v) is 3.34. The van der Waals surface area contributed by atoms with Crippen LogP contribution in [0.3, 0.4) is 0 Å². The summed E-state index contributed by atoms with van der Waals surface area (Å²) in [4.78, 5) is 14.0. The lowest BCUT2D eigenvalue weighted by Gasteiger charge is -2.27. The second-order valence-corrected chi connectivity index (χ2v) is 7.05. The van der Waals surface area contributed by atoms with E-state index in [9.17, 15) is 13.2 Å². The molecule has 1 aliphatic rings. The third-order valence-corrected chi connectivity index (χ3v) is 4.92. The predicted molar refractivity (Wildman–Crippen MR) is 75.3 cm³/mol. The number of nitrogens with zero attached hydrogens (tertiary/aromatic N) is 1. The number of benzene rings is 1.